The predicted octanol–water partition coefficient (Wildman–Crippen LogP) is 3.16. The molecule has 0 atom stereocenters. The maximum atomic E-state index is 11.9. The first-order chi connectivity index (χ1) is 9.44. The summed E-state index contributed by atoms with van der Waals surface area (Å²) in [5.74, 6) is 0.561. The van der Waals surface area contributed by atoms with Crippen molar-refractivity contribution in [2.75, 3.05) is 13.4 Å². The van der Waals surface area contributed by atoms with Gasteiger partial charge in [-0.1, -0.05) is 17.7 Å². The average molecular weight is 289 g/mol. The fourth-order valence-electron chi connectivity index (χ4n) is 1.79. The van der Waals surface area contributed by atoms with Crippen LogP contribution in [0.4, 0.5) is 13.2 Å². The Morgan fingerprint density at radius 1 is 1.30 bits per heavy atom. The minimum absolute atomic E-state index is 0.404. The van der Waals surface area contributed by atoms with Gasteiger partial charge in [0.25, 0.3) is 0 Å². The summed E-state index contributed by atoms with van der Waals surface area (Å²) in [6, 6.07) is 6.15. The van der Waals surface area contributed by atoms with Gasteiger partial charge in [0.1, 0.15) is 12.4 Å². The first kappa shape index (κ1) is 15.1. The molecule has 1 aliphatic rings. The van der Waals surface area contributed by atoms with Crippen molar-refractivity contribution in [3.05, 3.63) is 29.3 Å². The molecule has 112 valence electrons. The molecular weight excluding hydrogens is 271 g/mol. The van der Waals surface area contributed by atoms with Crippen molar-refractivity contribution >= 4 is 0 Å². The molecule has 1 aromatic rings. The molecule has 0 heterocycles. The molecule has 0 bridgehead atoms. The van der Waals surface area contributed by atoms with Crippen molar-refractivity contribution in [3.63, 3.8) is 0 Å². The van der Waals surface area contributed by atoms with Gasteiger partial charge in [0.15, 0.2) is 6.79 Å². The zero-order valence-electron chi connectivity index (χ0n) is 11.3. The molecule has 0 radical (unpaired) electrons. The van der Waals surface area contributed by atoms with E-state index in [1.54, 1.807) is 6.07 Å². The molecule has 0 aromatic heterocycles. The van der Waals surface area contributed by atoms with Crippen molar-refractivity contribution < 1.29 is 22.6 Å². The zero-order valence-corrected chi connectivity index (χ0v) is 11.3. The Balaban J connectivity index is 1.85. The van der Waals surface area contributed by atoms with Gasteiger partial charge in [0.05, 0.1) is 0 Å². The number of hydrogen-bond donors (Lipinski definition) is 1. The molecular formula is C14H18F3NO2. The van der Waals surface area contributed by atoms with Crippen LogP contribution in [-0.2, 0) is 11.3 Å². The summed E-state index contributed by atoms with van der Waals surface area (Å²) >= 11 is 0. The number of alkyl halides is 3. The van der Waals surface area contributed by atoms with E-state index < -0.39 is 19.6 Å². The standard InChI is InChI=1S/C14H18F3NO2/c1-10-2-5-13(20-9-19-8-14(15,16)17)11(6-10)7-18-12-3-4-12/h2,5-6,12,18H,3-4,7-9H2,1H3. The lowest BCUT2D eigenvalue weighted by Crippen LogP contribution is -2.20. The Bertz CT molecular complexity index is 445. The first-order valence-corrected chi connectivity index (χ1v) is 6.54. The topological polar surface area (TPSA) is 30.5 Å². The smallest absolute Gasteiger partial charge is 0.411 e. The maximum absolute atomic E-state index is 11.9. The van der Waals surface area contributed by atoms with Crippen molar-refractivity contribution in [2.45, 2.75) is 38.5 Å². The molecule has 1 aliphatic carbocycles. The lowest BCUT2D eigenvalue weighted by atomic mass is 10.1. The Labute approximate surface area is 116 Å². The number of halogens is 3. The van der Waals surface area contributed by atoms with Gasteiger partial charge in [-0.15, -0.1) is 0 Å². The third-order valence-corrected chi connectivity index (χ3v) is 2.94. The van der Waals surface area contributed by atoms with E-state index in [0.29, 0.717) is 18.3 Å². The monoisotopic (exact) mass is 289 g/mol. The van der Waals surface area contributed by atoms with Crippen LogP contribution in [0.25, 0.3) is 0 Å². The number of benzene rings is 1. The summed E-state index contributed by atoms with van der Waals surface area (Å²) in [5, 5.41) is 3.35. The van der Waals surface area contributed by atoms with Gasteiger partial charge >= 0.3 is 6.18 Å². The van der Waals surface area contributed by atoms with Gasteiger partial charge in [-0.2, -0.15) is 13.2 Å². The van der Waals surface area contributed by atoms with Crippen LogP contribution < -0.4 is 10.1 Å². The van der Waals surface area contributed by atoms with E-state index in [1.165, 1.54) is 12.8 Å². The minimum Gasteiger partial charge on any atom is -0.467 e. The average Bonchev–Trinajstić information content (AvgIpc) is 3.16. The SMILES string of the molecule is Cc1ccc(OCOCC(F)(F)F)c(CNC2CC2)c1. The second kappa shape index (κ2) is 6.45. The van der Waals surface area contributed by atoms with E-state index in [1.807, 2.05) is 19.1 Å². The maximum Gasteiger partial charge on any atom is 0.411 e. The molecule has 1 aromatic carbocycles. The lowest BCUT2D eigenvalue weighted by molar-refractivity contribution is -0.186. The zero-order chi connectivity index (χ0) is 14.6. The fourth-order valence-corrected chi connectivity index (χ4v) is 1.79. The summed E-state index contributed by atoms with van der Waals surface area (Å²) in [7, 11) is 0. The summed E-state index contributed by atoms with van der Waals surface area (Å²) in [6.45, 7) is 0.916. The highest BCUT2D eigenvalue weighted by molar-refractivity contribution is 5.36. The number of nitrogens with one attached hydrogen (secondary N) is 1. The van der Waals surface area contributed by atoms with E-state index in [2.05, 4.69) is 10.1 Å². The highest BCUT2D eigenvalue weighted by atomic mass is 19.4. The van der Waals surface area contributed by atoms with Gasteiger partial charge < -0.3 is 14.8 Å². The van der Waals surface area contributed by atoms with Crippen LogP contribution >= 0.6 is 0 Å². The number of rotatable bonds is 7. The third kappa shape index (κ3) is 5.38. The molecule has 0 unspecified atom stereocenters. The number of aryl methyl sites for hydroxylation is 1. The predicted molar refractivity (Wildman–Crippen MR) is 68.5 cm³/mol. The van der Waals surface area contributed by atoms with Crippen molar-refractivity contribution in [2.24, 2.45) is 0 Å². The summed E-state index contributed by atoms with van der Waals surface area (Å²) < 4.78 is 45.6. The van der Waals surface area contributed by atoms with Crippen LogP contribution in [0.5, 0.6) is 5.75 Å². The molecule has 0 saturated heterocycles. The van der Waals surface area contributed by atoms with Gasteiger partial charge in [0, 0.05) is 18.2 Å². The van der Waals surface area contributed by atoms with Crippen LogP contribution in [-0.4, -0.2) is 25.6 Å². The molecule has 1 N–H and O–H groups in total. The highest BCUT2D eigenvalue weighted by Gasteiger charge is 2.27. The molecule has 1 fully saturated rings. The molecule has 6 heteroatoms. The van der Waals surface area contributed by atoms with E-state index in [4.69, 9.17) is 4.74 Å². The Morgan fingerprint density at radius 3 is 2.70 bits per heavy atom. The molecule has 0 amide bonds. The summed E-state index contributed by atoms with van der Waals surface area (Å²) in [6.07, 6.45) is -1.97. The molecule has 2 rings (SSSR count). The van der Waals surface area contributed by atoms with E-state index in [-0.39, 0.29) is 0 Å². The Hall–Kier alpha value is -1.27. The molecule has 1 saturated carbocycles. The third-order valence-electron chi connectivity index (χ3n) is 2.94. The normalized spacial score (nSPS) is 15.4. The second-order valence-corrected chi connectivity index (χ2v) is 4.99. The summed E-state index contributed by atoms with van der Waals surface area (Å²) in [4.78, 5) is 0. The Kier molecular flexibility index (Phi) is 4.88. The van der Waals surface area contributed by atoms with Crippen LogP contribution in [0.2, 0.25) is 0 Å². The van der Waals surface area contributed by atoms with E-state index >= 15 is 0 Å². The molecule has 20 heavy (non-hydrogen) atoms. The van der Waals surface area contributed by atoms with Gasteiger partial charge in [0.2, 0.25) is 0 Å². The van der Waals surface area contributed by atoms with Crippen molar-refractivity contribution in [1.29, 1.82) is 0 Å². The highest BCUT2D eigenvalue weighted by Crippen LogP contribution is 2.24. The molecule has 3 nitrogen and oxygen atoms in total. The van der Waals surface area contributed by atoms with E-state index in [0.717, 1.165) is 11.1 Å². The first-order valence-electron chi connectivity index (χ1n) is 6.54. The van der Waals surface area contributed by atoms with Crippen LogP contribution in [0.3, 0.4) is 0 Å². The number of ether oxygens (including phenoxy) is 2. The van der Waals surface area contributed by atoms with Gasteiger partial charge in [-0.05, 0) is 25.8 Å². The largest absolute Gasteiger partial charge is 0.467 e. The van der Waals surface area contributed by atoms with Gasteiger partial charge in [-0.3, -0.25) is 0 Å². The second-order valence-electron chi connectivity index (χ2n) is 4.99. The quantitative estimate of drug-likeness (QED) is 0.618. The van der Waals surface area contributed by atoms with Crippen LogP contribution in [0.15, 0.2) is 18.2 Å². The van der Waals surface area contributed by atoms with Gasteiger partial charge in [-0.25, -0.2) is 0 Å². The van der Waals surface area contributed by atoms with Crippen molar-refractivity contribution in [1.82, 2.24) is 5.32 Å². The summed E-state index contributed by atoms with van der Waals surface area (Å²) in [5.41, 5.74) is 2.02. The molecule has 0 spiro atoms. The fraction of sp³-hybridized carbons (Fsp3) is 0.571. The number of hydrogen-bond acceptors (Lipinski definition) is 3. The van der Waals surface area contributed by atoms with Crippen LogP contribution in [0, 0.1) is 6.92 Å². The van der Waals surface area contributed by atoms with E-state index in [9.17, 15) is 13.2 Å². The van der Waals surface area contributed by atoms with Crippen LogP contribution in [0.1, 0.15) is 24.0 Å². The Morgan fingerprint density at radius 2 is 2.05 bits per heavy atom. The molecule has 0 aliphatic heterocycles. The van der Waals surface area contributed by atoms with Crippen molar-refractivity contribution in [3.8, 4) is 5.75 Å². The minimum atomic E-state index is -4.33. The lowest BCUT2D eigenvalue weighted by Gasteiger charge is -2.14.